The second kappa shape index (κ2) is 11.0. The minimum Gasteiger partial charge on any atom is -0.489 e. The molecule has 2 N–H and O–H groups in total. The molecule has 1 aliphatic rings. The van der Waals surface area contributed by atoms with Gasteiger partial charge < -0.3 is 24.4 Å². The van der Waals surface area contributed by atoms with Crippen LogP contribution in [0.1, 0.15) is 48.2 Å². The molecule has 4 rings (SSSR count). The van der Waals surface area contributed by atoms with E-state index in [1.165, 1.54) is 0 Å². The van der Waals surface area contributed by atoms with Crippen LogP contribution < -0.4 is 10.1 Å². The Morgan fingerprint density at radius 3 is 2.66 bits per heavy atom. The highest BCUT2D eigenvalue weighted by Gasteiger charge is 2.28. The molecular formula is C26H29N3O6. The summed E-state index contributed by atoms with van der Waals surface area (Å²) in [5, 5.41) is 16.1. The van der Waals surface area contributed by atoms with Gasteiger partial charge in [-0.2, -0.15) is 0 Å². The molecule has 0 bridgehead atoms. The highest BCUT2D eigenvalue weighted by Crippen LogP contribution is 2.31. The van der Waals surface area contributed by atoms with Crippen molar-refractivity contribution in [2.24, 2.45) is 5.92 Å². The summed E-state index contributed by atoms with van der Waals surface area (Å²) in [5.41, 5.74) is 3.48. The van der Waals surface area contributed by atoms with Crippen molar-refractivity contribution in [3.8, 4) is 17.2 Å². The van der Waals surface area contributed by atoms with Gasteiger partial charge >= 0.3 is 12.1 Å². The molecule has 1 fully saturated rings. The van der Waals surface area contributed by atoms with Gasteiger partial charge in [-0.3, -0.25) is 4.79 Å². The lowest BCUT2D eigenvalue weighted by Crippen LogP contribution is -2.29. The van der Waals surface area contributed by atoms with Gasteiger partial charge in [-0.05, 0) is 57.2 Å². The van der Waals surface area contributed by atoms with Gasteiger partial charge in [-0.25, -0.2) is 9.78 Å². The number of aromatic nitrogens is 2. The summed E-state index contributed by atoms with van der Waals surface area (Å²) in [5.74, 6) is -0.0588. The molecule has 184 valence electrons. The number of hydrogen-bond acceptors (Lipinski definition) is 7. The number of rotatable bonds is 8. The number of ether oxygens (including phenoxy) is 2. The Hall–Kier alpha value is -3.88. The fourth-order valence-electron chi connectivity index (χ4n) is 4.19. The molecule has 2 atom stereocenters. The van der Waals surface area contributed by atoms with Gasteiger partial charge in [0.05, 0.1) is 30.0 Å². The van der Waals surface area contributed by atoms with Gasteiger partial charge in [-0.1, -0.05) is 35.5 Å². The van der Waals surface area contributed by atoms with Gasteiger partial charge in [0.2, 0.25) is 0 Å². The van der Waals surface area contributed by atoms with E-state index in [0.717, 1.165) is 18.4 Å². The highest BCUT2D eigenvalue weighted by molar-refractivity contribution is 5.70. The van der Waals surface area contributed by atoms with E-state index in [2.05, 4.69) is 15.5 Å². The van der Waals surface area contributed by atoms with E-state index in [4.69, 9.17) is 14.0 Å². The second-order valence-corrected chi connectivity index (χ2v) is 8.71. The first-order valence-corrected chi connectivity index (χ1v) is 11.7. The Balaban J connectivity index is 1.39. The quantitative estimate of drug-likeness (QED) is 0.472. The summed E-state index contributed by atoms with van der Waals surface area (Å²) in [7, 11) is 0. The summed E-state index contributed by atoms with van der Waals surface area (Å²) in [4.78, 5) is 28.1. The molecular weight excluding hydrogens is 450 g/mol. The average molecular weight is 480 g/mol. The average Bonchev–Trinajstić information content (AvgIpc) is 3.23. The van der Waals surface area contributed by atoms with Crippen LogP contribution >= 0.6 is 0 Å². The fraction of sp³-hybridized carbons (Fsp3) is 0.385. The number of aryl methyl sites for hydroxylation is 2. The van der Waals surface area contributed by atoms with E-state index in [0.29, 0.717) is 47.0 Å². The van der Waals surface area contributed by atoms with E-state index in [9.17, 15) is 14.7 Å². The number of hydrogen-bond donors (Lipinski definition) is 2. The SMILES string of the molecule is Cc1nc(-c2onc(C)c2CNC(=O)OCc2ccccc2)ccc1OC1CCCC(C(=O)O)C1. The topological polar surface area (TPSA) is 124 Å². The normalized spacial score (nSPS) is 17.5. The zero-order chi connectivity index (χ0) is 24.8. The van der Waals surface area contributed by atoms with Gasteiger partial charge in [0.25, 0.3) is 0 Å². The van der Waals surface area contributed by atoms with E-state index in [-0.39, 0.29) is 25.2 Å². The fourth-order valence-corrected chi connectivity index (χ4v) is 4.19. The largest absolute Gasteiger partial charge is 0.489 e. The molecule has 9 heteroatoms. The monoisotopic (exact) mass is 479 g/mol. The third kappa shape index (κ3) is 6.17. The standard InChI is InChI=1S/C26H29N3O6/c1-16-21(14-27-26(32)33-15-18-7-4-3-5-8-18)24(35-29-16)22-11-12-23(17(2)28-22)34-20-10-6-9-19(13-20)25(30)31/h3-5,7-8,11-12,19-20H,6,9-10,13-15H2,1-2H3,(H,27,32)(H,30,31). The van der Waals surface area contributed by atoms with Crippen LogP contribution in [0.25, 0.3) is 11.5 Å². The Kier molecular flexibility index (Phi) is 7.64. The Morgan fingerprint density at radius 2 is 1.91 bits per heavy atom. The van der Waals surface area contributed by atoms with Crippen LogP contribution in [0.15, 0.2) is 47.0 Å². The maximum absolute atomic E-state index is 12.2. The molecule has 0 aliphatic heterocycles. The van der Waals surface area contributed by atoms with Gasteiger partial charge in [0.15, 0.2) is 5.76 Å². The molecule has 9 nitrogen and oxygen atoms in total. The van der Waals surface area contributed by atoms with Crippen LogP contribution in [0.4, 0.5) is 4.79 Å². The van der Waals surface area contributed by atoms with E-state index >= 15 is 0 Å². The van der Waals surface area contributed by atoms with E-state index in [1.807, 2.05) is 43.3 Å². The molecule has 2 unspecified atom stereocenters. The van der Waals surface area contributed by atoms with E-state index < -0.39 is 12.1 Å². The third-order valence-electron chi connectivity index (χ3n) is 6.15. The number of alkyl carbamates (subject to hydrolysis) is 1. The van der Waals surface area contributed by atoms with Crippen LogP contribution in [0, 0.1) is 19.8 Å². The number of pyridine rings is 1. The smallest absolute Gasteiger partial charge is 0.407 e. The van der Waals surface area contributed by atoms with Gasteiger partial charge in [0.1, 0.15) is 18.1 Å². The zero-order valence-corrected chi connectivity index (χ0v) is 19.8. The number of amides is 1. The van der Waals surface area contributed by atoms with Crippen LogP contribution in [0.2, 0.25) is 0 Å². The van der Waals surface area contributed by atoms with Gasteiger partial charge in [0, 0.05) is 5.56 Å². The number of benzene rings is 1. The molecule has 0 saturated heterocycles. The van der Waals surface area contributed by atoms with Crippen molar-refractivity contribution in [3.05, 3.63) is 65.0 Å². The number of carbonyl (C=O) groups excluding carboxylic acids is 1. The van der Waals surface area contributed by atoms with Crippen LogP contribution in [0.5, 0.6) is 5.75 Å². The maximum atomic E-state index is 12.2. The molecule has 2 aromatic heterocycles. The summed E-state index contributed by atoms with van der Waals surface area (Å²) < 4.78 is 16.9. The molecule has 35 heavy (non-hydrogen) atoms. The van der Waals surface area contributed by atoms with Gasteiger partial charge in [-0.15, -0.1) is 0 Å². The number of carbonyl (C=O) groups is 2. The molecule has 3 aromatic rings. The Morgan fingerprint density at radius 1 is 1.11 bits per heavy atom. The number of nitrogens with one attached hydrogen (secondary N) is 1. The minimum atomic E-state index is -0.769. The van der Waals surface area contributed by atoms with E-state index in [1.54, 1.807) is 13.0 Å². The number of carboxylic acid groups (broad SMARTS) is 1. The van der Waals surface area contributed by atoms with Crippen molar-refractivity contribution in [2.45, 2.75) is 58.8 Å². The maximum Gasteiger partial charge on any atom is 0.407 e. The van der Waals surface area contributed by atoms with Crippen molar-refractivity contribution in [1.29, 1.82) is 0 Å². The third-order valence-corrected chi connectivity index (χ3v) is 6.15. The first-order valence-electron chi connectivity index (χ1n) is 11.7. The van der Waals surface area contributed by atoms with Crippen molar-refractivity contribution in [3.63, 3.8) is 0 Å². The summed E-state index contributed by atoms with van der Waals surface area (Å²) in [6.07, 6.45) is 2.14. The van der Waals surface area contributed by atoms with Crippen molar-refractivity contribution in [1.82, 2.24) is 15.5 Å². The molecule has 1 saturated carbocycles. The molecule has 1 aromatic carbocycles. The molecule has 0 radical (unpaired) electrons. The molecule has 1 amide bonds. The Bertz CT molecular complexity index is 1180. The number of carboxylic acids is 1. The lowest BCUT2D eigenvalue weighted by molar-refractivity contribution is -0.143. The highest BCUT2D eigenvalue weighted by atomic mass is 16.5. The summed E-state index contributed by atoms with van der Waals surface area (Å²) in [6.45, 7) is 3.98. The van der Waals surface area contributed by atoms with Crippen LogP contribution in [0.3, 0.4) is 0 Å². The second-order valence-electron chi connectivity index (χ2n) is 8.71. The first kappa shape index (κ1) is 24.3. The molecule has 1 aliphatic carbocycles. The lowest BCUT2D eigenvalue weighted by Gasteiger charge is -2.27. The lowest BCUT2D eigenvalue weighted by atomic mass is 9.87. The minimum absolute atomic E-state index is 0.148. The first-order chi connectivity index (χ1) is 16.9. The predicted molar refractivity (Wildman–Crippen MR) is 127 cm³/mol. The number of aliphatic carboxylic acids is 1. The number of nitrogens with zero attached hydrogens (tertiary/aromatic N) is 2. The van der Waals surface area contributed by atoms with Crippen LogP contribution in [-0.2, 0) is 22.7 Å². The van der Waals surface area contributed by atoms with Crippen LogP contribution in [-0.4, -0.2) is 33.4 Å². The summed E-state index contributed by atoms with van der Waals surface area (Å²) >= 11 is 0. The van der Waals surface area contributed by atoms with Crippen molar-refractivity contribution in [2.75, 3.05) is 0 Å². The predicted octanol–water partition coefficient (Wildman–Crippen LogP) is 4.80. The molecule has 2 heterocycles. The zero-order valence-electron chi connectivity index (χ0n) is 19.8. The Labute approximate surface area is 203 Å². The van der Waals surface area contributed by atoms with Crippen molar-refractivity contribution >= 4 is 12.1 Å². The molecule has 0 spiro atoms. The van der Waals surface area contributed by atoms with Crippen molar-refractivity contribution < 1.29 is 28.7 Å². The summed E-state index contributed by atoms with van der Waals surface area (Å²) in [6, 6.07) is 13.0.